The number of carbonyl (C=O) groups is 1. The summed E-state index contributed by atoms with van der Waals surface area (Å²) in [5.41, 5.74) is 2.32. The fourth-order valence-electron chi connectivity index (χ4n) is 3.27. The number of rotatable bonds is 8. The molecule has 0 aliphatic carbocycles. The zero-order valence-corrected chi connectivity index (χ0v) is 15.0. The van der Waals surface area contributed by atoms with Crippen LogP contribution in [0.5, 0.6) is 0 Å². The van der Waals surface area contributed by atoms with Crippen LogP contribution in [0.1, 0.15) is 23.5 Å². The van der Waals surface area contributed by atoms with Crippen LogP contribution >= 0.6 is 0 Å². The smallest absolute Gasteiger partial charge is 0.273 e. The van der Waals surface area contributed by atoms with Crippen molar-refractivity contribution >= 4 is 22.5 Å². The van der Waals surface area contributed by atoms with Gasteiger partial charge in [0.2, 0.25) is 5.91 Å². The van der Waals surface area contributed by atoms with E-state index >= 15 is 0 Å². The number of ether oxygens (including phenoxy) is 1. The van der Waals surface area contributed by atoms with Gasteiger partial charge in [-0.25, -0.2) is 0 Å². The van der Waals surface area contributed by atoms with Crippen LogP contribution in [0.25, 0.3) is 10.9 Å². The monoisotopic (exact) mass is 367 g/mol. The van der Waals surface area contributed by atoms with Crippen LogP contribution < -0.4 is 5.32 Å². The number of para-hydroxylation sites is 2. The molecule has 3 aromatic rings. The van der Waals surface area contributed by atoms with Crippen molar-refractivity contribution in [1.82, 2.24) is 10.3 Å². The molecule has 2 aromatic carbocycles. The quantitative estimate of drug-likeness (QED) is 0.362. The van der Waals surface area contributed by atoms with Crippen LogP contribution in [0.15, 0.2) is 54.7 Å². The third kappa shape index (κ3) is 4.15. The van der Waals surface area contributed by atoms with E-state index in [1.165, 1.54) is 6.07 Å². The fraction of sp³-hybridized carbons (Fsp3) is 0.250. The largest absolute Gasteiger partial charge is 0.383 e. The molecule has 0 bridgehead atoms. The highest BCUT2D eigenvalue weighted by Gasteiger charge is 2.27. The number of nitrogens with zero attached hydrogens (tertiary/aromatic N) is 1. The summed E-state index contributed by atoms with van der Waals surface area (Å²) in [6.45, 7) is 0.807. The van der Waals surface area contributed by atoms with Gasteiger partial charge in [-0.1, -0.05) is 36.4 Å². The van der Waals surface area contributed by atoms with E-state index in [1.807, 2.05) is 30.5 Å². The minimum absolute atomic E-state index is 0.0115. The zero-order chi connectivity index (χ0) is 19.2. The van der Waals surface area contributed by atoms with Gasteiger partial charge >= 0.3 is 0 Å². The predicted molar refractivity (Wildman–Crippen MR) is 103 cm³/mol. The van der Waals surface area contributed by atoms with Crippen molar-refractivity contribution in [3.8, 4) is 0 Å². The first kappa shape index (κ1) is 18.6. The average Bonchev–Trinajstić information content (AvgIpc) is 3.10. The molecule has 3 rings (SSSR count). The number of nitro groups is 1. The van der Waals surface area contributed by atoms with Crippen molar-refractivity contribution in [1.29, 1.82) is 0 Å². The van der Waals surface area contributed by atoms with Crippen LogP contribution in [0.3, 0.4) is 0 Å². The van der Waals surface area contributed by atoms with Crippen molar-refractivity contribution < 1.29 is 14.5 Å². The van der Waals surface area contributed by atoms with Gasteiger partial charge in [0.25, 0.3) is 5.69 Å². The Labute approximate surface area is 156 Å². The topological polar surface area (TPSA) is 97.3 Å². The van der Waals surface area contributed by atoms with Crippen LogP contribution in [-0.2, 0) is 9.53 Å². The van der Waals surface area contributed by atoms with Gasteiger partial charge in [0.1, 0.15) is 0 Å². The van der Waals surface area contributed by atoms with Gasteiger partial charge in [-0.2, -0.15) is 0 Å². The van der Waals surface area contributed by atoms with Crippen molar-refractivity contribution in [2.75, 3.05) is 20.3 Å². The van der Waals surface area contributed by atoms with Gasteiger partial charge in [0, 0.05) is 54.7 Å². The van der Waals surface area contributed by atoms with Crippen LogP contribution in [0.2, 0.25) is 0 Å². The number of hydrogen-bond donors (Lipinski definition) is 2. The van der Waals surface area contributed by atoms with Gasteiger partial charge in [-0.05, 0) is 11.6 Å². The normalized spacial score (nSPS) is 12.0. The van der Waals surface area contributed by atoms with Gasteiger partial charge in [-0.3, -0.25) is 14.9 Å². The third-order valence-electron chi connectivity index (χ3n) is 4.52. The van der Waals surface area contributed by atoms with Crippen molar-refractivity contribution in [2.45, 2.75) is 12.3 Å². The maximum atomic E-state index is 12.5. The first-order valence-corrected chi connectivity index (χ1v) is 8.66. The maximum absolute atomic E-state index is 12.5. The summed E-state index contributed by atoms with van der Waals surface area (Å²) >= 11 is 0. The van der Waals surface area contributed by atoms with E-state index in [0.29, 0.717) is 18.7 Å². The number of amides is 1. The van der Waals surface area contributed by atoms with E-state index < -0.39 is 10.8 Å². The SMILES string of the molecule is COCCNC(=O)CC(c1ccccc1[N+](=O)[O-])c1c[nH]c2ccccc12. The molecule has 1 unspecified atom stereocenters. The molecule has 140 valence electrons. The molecule has 27 heavy (non-hydrogen) atoms. The molecule has 2 N–H and O–H groups in total. The Morgan fingerprint density at radius 3 is 2.70 bits per heavy atom. The Bertz CT molecular complexity index is 951. The van der Waals surface area contributed by atoms with E-state index in [0.717, 1.165) is 16.5 Å². The molecule has 1 amide bonds. The molecule has 0 saturated carbocycles. The number of hydrogen-bond acceptors (Lipinski definition) is 4. The molecular formula is C20H21N3O4. The second-order valence-electron chi connectivity index (χ2n) is 6.20. The Morgan fingerprint density at radius 1 is 1.19 bits per heavy atom. The van der Waals surface area contributed by atoms with Gasteiger partial charge in [0.15, 0.2) is 0 Å². The standard InChI is InChI=1S/C20H21N3O4/c1-27-11-10-21-20(24)12-16(15-7-3-5-9-19(15)23(25)26)17-13-22-18-8-4-2-6-14(17)18/h2-9,13,16,22H,10-12H2,1H3,(H,21,24). The summed E-state index contributed by atoms with van der Waals surface area (Å²) < 4.78 is 4.95. The lowest BCUT2D eigenvalue weighted by atomic mass is 9.87. The summed E-state index contributed by atoms with van der Waals surface area (Å²) in [7, 11) is 1.56. The number of nitrogens with one attached hydrogen (secondary N) is 2. The minimum atomic E-state index is -0.440. The summed E-state index contributed by atoms with van der Waals surface area (Å²) in [4.78, 5) is 26.8. The first-order chi connectivity index (χ1) is 13.1. The highest BCUT2D eigenvalue weighted by molar-refractivity contribution is 5.86. The Morgan fingerprint density at radius 2 is 1.93 bits per heavy atom. The average molecular weight is 367 g/mol. The number of fused-ring (bicyclic) bond motifs is 1. The fourth-order valence-corrected chi connectivity index (χ4v) is 3.27. The number of benzene rings is 2. The minimum Gasteiger partial charge on any atom is -0.383 e. The van der Waals surface area contributed by atoms with Gasteiger partial charge in [-0.15, -0.1) is 0 Å². The molecule has 0 saturated heterocycles. The molecule has 0 spiro atoms. The van der Waals surface area contributed by atoms with Crippen LogP contribution in [-0.4, -0.2) is 36.1 Å². The number of H-pyrrole nitrogens is 1. The molecule has 0 aliphatic heterocycles. The molecule has 1 heterocycles. The van der Waals surface area contributed by atoms with E-state index in [2.05, 4.69) is 10.3 Å². The summed E-state index contributed by atoms with van der Waals surface area (Å²) in [5, 5.41) is 15.3. The lowest BCUT2D eigenvalue weighted by molar-refractivity contribution is -0.385. The molecule has 1 atom stereocenters. The number of nitro benzene ring substituents is 1. The first-order valence-electron chi connectivity index (χ1n) is 8.66. The highest BCUT2D eigenvalue weighted by Crippen LogP contribution is 2.37. The van der Waals surface area contributed by atoms with Crippen LogP contribution in [0, 0.1) is 10.1 Å². The Kier molecular flexibility index (Phi) is 5.83. The lowest BCUT2D eigenvalue weighted by Crippen LogP contribution is -2.28. The van der Waals surface area contributed by atoms with E-state index in [-0.39, 0.29) is 18.0 Å². The molecule has 0 aliphatic rings. The van der Waals surface area contributed by atoms with Gasteiger partial charge in [0.05, 0.1) is 11.5 Å². The maximum Gasteiger partial charge on any atom is 0.273 e. The summed E-state index contributed by atoms with van der Waals surface area (Å²) in [6.07, 6.45) is 1.94. The molecule has 0 fully saturated rings. The van der Waals surface area contributed by atoms with E-state index in [4.69, 9.17) is 4.74 Å². The number of methoxy groups -OCH3 is 1. The Balaban J connectivity index is 2.02. The van der Waals surface area contributed by atoms with Crippen molar-refractivity contribution in [3.05, 3.63) is 76.0 Å². The molecule has 1 aromatic heterocycles. The molecule has 0 radical (unpaired) electrons. The number of aromatic amines is 1. The van der Waals surface area contributed by atoms with E-state index in [9.17, 15) is 14.9 Å². The number of aromatic nitrogens is 1. The number of carbonyl (C=O) groups excluding carboxylic acids is 1. The second-order valence-corrected chi connectivity index (χ2v) is 6.20. The van der Waals surface area contributed by atoms with Crippen molar-refractivity contribution in [2.24, 2.45) is 0 Å². The zero-order valence-electron chi connectivity index (χ0n) is 15.0. The summed E-state index contributed by atoms with van der Waals surface area (Å²) in [6, 6.07) is 14.3. The molecule has 7 nitrogen and oxygen atoms in total. The summed E-state index contributed by atoms with van der Waals surface area (Å²) in [5.74, 6) is -0.620. The molecular weight excluding hydrogens is 346 g/mol. The highest BCUT2D eigenvalue weighted by atomic mass is 16.6. The second kappa shape index (κ2) is 8.46. The Hall–Kier alpha value is -3.19. The predicted octanol–water partition coefficient (Wildman–Crippen LogP) is 3.36. The van der Waals surface area contributed by atoms with Crippen molar-refractivity contribution in [3.63, 3.8) is 0 Å². The van der Waals surface area contributed by atoms with E-state index in [1.54, 1.807) is 25.3 Å². The van der Waals surface area contributed by atoms with Gasteiger partial charge < -0.3 is 15.0 Å². The molecule has 7 heteroatoms. The lowest BCUT2D eigenvalue weighted by Gasteiger charge is -2.17. The van der Waals surface area contributed by atoms with Crippen LogP contribution in [0.4, 0.5) is 5.69 Å². The third-order valence-corrected chi connectivity index (χ3v) is 4.52.